The number of nitrogens with zero attached hydrogens (tertiary/aromatic N) is 2. The number of rotatable bonds is 6. The number of amides is 1. The Kier molecular flexibility index (Phi) is 6.84. The minimum absolute atomic E-state index is 0.246. The largest absolute Gasteiger partial charge is 0.449 e. The first-order valence-electron chi connectivity index (χ1n) is 7.01. The van der Waals surface area contributed by atoms with Gasteiger partial charge in [0.25, 0.3) is 5.91 Å². The molecular weight excluding hydrogens is 280 g/mol. The van der Waals surface area contributed by atoms with Gasteiger partial charge in [-0.05, 0) is 25.5 Å². The molecule has 5 nitrogen and oxygen atoms in total. The van der Waals surface area contributed by atoms with Crippen LogP contribution >= 0.6 is 0 Å². The van der Waals surface area contributed by atoms with E-state index in [1.165, 1.54) is 17.9 Å². The average Bonchev–Trinajstić information content (AvgIpc) is 2.49. The Balaban J connectivity index is 2.53. The van der Waals surface area contributed by atoms with Crippen LogP contribution in [0.4, 0.5) is 0 Å². The van der Waals surface area contributed by atoms with Crippen LogP contribution < -0.4 is 0 Å². The first-order chi connectivity index (χ1) is 10.4. The maximum atomic E-state index is 11.9. The maximum absolute atomic E-state index is 11.9. The number of esters is 1. The van der Waals surface area contributed by atoms with Crippen LogP contribution in [-0.4, -0.2) is 36.5 Å². The van der Waals surface area contributed by atoms with Crippen LogP contribution in [0.25, 0.3) is 6.08 Å². The Morgan fingerprint density at radius 2 is 2.18 bits per heavy atom. The number of benzene rings is 1. The highest BCUT2D eigenvalue weighted by molar-refractivity contribution is 5.90. The van der Waals surface area contributed by atoms with E-state index in [0.717, 1.165) is 11.1 Å². The molecule has 0 radical (unpaired) electrons. The molecule has 0 saturated carbocycles. The summed E-state index contributed by atoms with van der Waals surface area (Å²) in [5.41, 5.74) is 1.99. The molecule has 1 atom stereocenters. The van der Waals surface area contributed by atoms with Crippen LogP contribution in [0.5, 0.6) is 0 Å². The standard InChI is InChI=1S/C17H20N2O3/c1-13-6-4-7-15(12-13)8-9-16(20)22-14(2)17(21)19(3)11-5-10-18/h4,6-9,12,14H,5,11H2,1-3H3/b9-8+/t14-/m0/s1. The molecule has 0 aromatic heterocycles. The van der Waals surface area contributed by atoms with Crippen molar-refractivity contribution < 1.29 is 14.3 Å². The van der Waals surface area contributed by atoms with Crippen molar-refractivity contribution in [1.82, 2.24) is 4.90 Å². The van der Waals surface area contributed by atoms with Crippen molar-refractivity contribution in [2.24, 2.45) is 0 Å². The molecule has 0 unspecified atom stereocenters. The van der Waals surface area contributed by atoms with Crippen molar-refractivity contribution >= 4 is 18.0 Å². The van der Waals surface area contributed by atoms with Gasteiger partial charge in [0.15, 0.2) is 6.10 Å². The molecule has 0 spiro atoms. The number of hydrogen-bond acceptors (Lipinski definition) is 4. The summed E-state index contributed by atoms with van der Waals surface area (Å²) in [4.78, 5) is 25.0. The fourth-order valence-corrected chi connectivity index (χ4v) is 1.84. The number of carbonyl (C=O) groups is 2. The maximum Gasteiger partial charge on any atom is 0.331 e. The lowest BCUT2D eigenvalue weighted by Gasteiger charge is -2.19. The molecule has 0 aliphatic rings. The number of carbonyl (C=O) groups excluding carboxylic acids is 2. The Morgan fingerprint density at radius 1 is 1.45 bits per heavy atom. The Bertz CT molecular complexity index is 602. The van der Waals surface area contributed by atoms with E-state index < -0.39 is 12.1 Å². The van der Waals surface area contributed by atoms with Crippen molar-refractivity contribution in [1.29, 1.82) is 5.26 Å². The van der Waals surface area contributed by atoms with E-state index in [2.05, 4.69) is 0 Å². The third-order valence-electron chi connectivity index (χ3n) is 3.03. The van der Waals surface area contributed by atoms with Crippen LogP contribution in [0.1, 0.15) is 24.5 Å². The van der Waals surface area contributed by atoms with Crippen LogP contribution in [0.15, 0.2) is 30.3 Å². The minimum atomic E-state index is -0.877. The highest BCUT2D eigenvalue weighted by Gasteiger charge is 2.20. The number of likely N-dealkylation sites (N-methyl/N-ethyl adjacent to an activating group) is 1. The fourth-order valence-electron chi connectivity index (χ4n) is 1.84. The van der Waals surface area contributed by atoms with Crippen molar-refractivity contribution in [2.45, 2.75) is 26.4 Å². The van der Waals surface area contributed by atoms with Gasteiger partial charge in [-0.15, -0.1) is 0 Å². The topological polar surface area (TPSA) is 70.4 Å². The number of hydrogen-bond donors (Lipinski definition) is 0. The predicted octanol–water partition coefficient (Wildman–Crippen LogP) is 2.31. The summed E-state index contributed by atoms with van der Waals surface area (Å²) in [7, 11) is 1.58. The summed E-state index contributed by atoms with van der Waals surface area (Å²) >= 11 is 0. The molecule has 0 fully saturated rings. The van der Waals surface area contributed by atoms with Crippen LogP contribution in [0, 0.1) is 18.3 Å². The van der Waals surface area contributed by atoms with E-state index in [-0.39, 0.29) is 12.3 Å². The molecule has 5 heteroatoms. The van der Waals surface area contributed by atoms with E-state index in [9.17, 15) is 9.59 Å². The SMILES string of the molecule is Cc1cccc(/C=C/C(=O)O[C@@H](C)C(=O)N(C)CCC#N)c1. The van der Waals surface area contributed by atoms with Crippen LogP contribution in [0.3, 0.4) is 0 Å². The second-order valence-electron chi connectivity index (χ2n) is 4.99. The Hall–Kier alpha value is -2.61. The summed E-state index contributed by atoms with van der Waals surface area (Å²) in [6, 6.07) is 9.64. The third kappa shape index (κ3) is 5.80. The molecule has 1 amide bonds. The van der Waals surface area contributed by atoms with Gasteiger partial charge in [0.2, 0.25) is 0 Å². The first kappa shape index (κ1) is 17.4. The molecule has 0 saturated heterocycles. The van der Waals surface area contributed by atoms with Gasteiger partial charge in [0.05, 0.1) is 12.5 Å². The monoisotopic (exact) mass is 300 g/mol. The highest BCUT2D eigenvalue weighted by Crippen LogP contribution is 2.06. The quantitative estimate of drug-likeness (QED) is 0.597. The van der Waals surface area contributed by atoms with E-state index in [4.69, 9.17) is 10.00 Å². The third-order valence-corrected chi connectivity index (χ3v) is 3.03. The Labute approximate surface area is 130 Å². The molecule has 1 aromatic carbocycles. The van der Waals surface area contributed by atoms with E-state index in [1.807, 2.05) is 37.3 Å². The molecule has 0 heterocycles. The van der Waals surface area contributed by atoms with Gasteiger partial charge < -0.3 is 9.64 Å². The second-order valence-corrected chi connectivity index (χ2v) is 4.99. The van der Waals surface area contributed by atoms with Crippen molar-refractivity contribution in [3.05, 3.63) is 41.5 Å². The van der Waals surface area contributed by atoms with Gasteiger partial charge >= 0.3 is 5.97 Å². The first-order valence-corrected chi connectivity index (χ1v) is 7.01. The van der Waals surface area contributed by atoms with Gasteiger partial charge in [-0.1, -0.05) is 29.8 Å². The highest BCUT2D eigenvalue weighted by atomic mass is 16.5. The lowest BCUT2D eigenvalue weighted by atomic mass is 10.1. The lowest BCUT2D eigenvalue weighted by molar-refractivity contribution is -0.154. The van der Waals surface area contributed by atoms with E-state index in [1.54, 1.807) is 13.1 Å². The molecular formula is C17H20N2O3. The van der Waals surface area contributed by atoms with Gasteiger partial charge in [0, 0.05) is 19.7 Å². The van der Waals surface area contributed by atoms with E-state index >= 15 is 0 Å². The molecule has 1 aromatic rings. The molecule has 116 valence electrons. The van der Waals surface area contributed by atoms with Crippen molar-refractivity contribution in [2.75, 3.05) is 13.6 Å². The summed E-state index contributed by atoms with van der Waals surface area (Å²) < 4.78 is 5.07. The Morgan fingerprint density at radius 3 is 2.82 bits per heavy atom. The average molecular weight is 300 g/mol. The smallest absolute Gasteiger partial charge is 0.331 e. The van der Waals surface area contributed by atoms with Gasteiger partial charge in [-0.2, -0.15) is 5.26 Å². The molecule has 0 aliphatic heterocycles. The number of ether oxygens (including phenoxy) is 1. The summed E-state index contributed by atoms with van der Waals surface area (Å²) in [6.07, 6.45) is 2.31. The summed E-state index contributed by atoms with van der Waals surface area (Å²) in [5.74, 6) is -0.899. The van der Waals surface area contributed by atoms with Gasteiger partial charge in [-0.25, -0.2) is 4.79 Å². The van der Waals surface area contributed by atoms with Crippen molar-refractivity contribution in [3.63, 3.8) is 0 Å². The van der Waals surface area contributed by atoms with Gasteiger partial charge in [0.1, 0.15) is 0 Å². The second kappa shape index (κ2) is 8.63. The van der Waals surface area contributed by atoms with E-state index in [0.29, 0.717) is 6.54 Å². The zero-order valence-corrected chi connectivity index (χ0v) is 13.1. The zero-order chi connectivity index (χ0) is 16.5. The van der Waals surface area contributed by atoms with Crippen LogP contribution in [0.2, 0.25) is 0 Å². The van der Waals surface area contributed by atoms with Crippen LogP contribution in [-0.2, 0) is 14.3 Å². The minimum Gasteiger partial charge on any atom is -0.449 e. The zero-order valence-electron chi connectivity index (χ0n) is 13.1. The molecule has 0 bridgehead atoms. The van der Waals surface area contributed by atoms with Crippen molar-refractivity contribution in [3.8, 4) is 6.07 Å². The fraction of sp³-hybridized carbons (Fsp3) is 0.353. The lowest BCUT2D eigenvalue weighted by Crippen LogP contribution is -2.37. The molecule has 0 aliphatic carbocycles. The molecule has 22 heavy (non-hydrogen) atoms. The molecule has 0 N–H and O–H groups in total. The predicted molar refractivity (Wildman–Crippen MR) is 83.6 cm³/mol. The summed E-state index contributed by atoms with van der Waals surface area (Å²) in [5, 5.41) is 8.50. The number of aryl methyl sites for hydroxylation is 1. The summed E-state index contributed by atoms with van der Waals surface area (Å²) in [6.45, 7) is 3.80. The molecule has 1 rings (SSSR count). The normalized spacial score (nSPS) is 11.7. The number of nitriles is 1. The van der Waals surface area contributed by atoms with Gasteiger partial charge in [-0.3, -0.25) is 4.79 Å².